The molecule has 6 aromatic rings. The van der Waals surface area contributed by atoms with E-state index in [9.17, 15) is 54.6 Å². The molecule has 0 unspecified atom stereocenters. The van der Waals surface area contributed by atoms with Gasteiger partial charge in [-0.1, -0.05) is 0 Å². The van der Waals surface area contributed by atoms with Gasteiger partial charge in [-0.3, -0.25) is 14.4 Å². The Labute approximate surface area is 388 Å². The van der Waals surface area contributed by atoms with Crippen LogP contribution < -0.4 is 5.32 Å². The smallest absolute Gasteiger partial charge is 0.381 e. The maximum Gasteiger partial charge on any atom is 0.420 e. The van der Waals surface area contributed by atoms with Crippen molar-refractivity contribution in [2.24, 2.45) is 0 Å². The van der Waals surface area contributed by atoms with E-state index in [4.69, 9.17) is 4.74 Å². The number of rotatable bonds is 5. The molecule has 0 atom stereocenters. The number of fused-ring (bicyclic) bond motifs is 2. The topological polar surface area (TPSA) is 163 Å². The largest absolute Gasteiger partial charge is 0.420 e. The van der Waals surface area contributed by atoms with Crippen LogP contribution in [0.2, 0.25) is 0 Å². The van der Waals surface area contributed by atoms with Gasteiger partial charge < -0.3 is 29.9 Å². The highest BCUT2D eigenvalue weighted by molar-refractivity contribution is 5.95. The van der Waals surface area contributed by atoms with Crippen LogP contribution in [0, 0.1) is 11.6 Å². The molecule has 23 heteroatoms. The summed E-state index contributed by atoms with van der Waals surface area (Å²) in [5.41, 5.74) is -5.87. The number of carbonyl (C=O) groups is 3. The van der Waals surface area contributed by atoms with Crippen molar-refractivity contribution < 1.29 is 59.4 Å². The summed E-state index contributed by atoms with van der Waals surface area (Å²) in [6, 6.07) is 11.5. The number of alkyl halides is 6. The fourth-order valence-corrected chi connectivity index (χ4v) is 8.66. The van der Waals surface area contributed by atoms with E-state index in [0.29, 0.717) is 25.2 Å². The molecule has 0 aliphatic carbocycles. The molecule has 7 heterocycles. The summed E-state index contributed by atoms with van der Waals surface area (Å²) in [5, 5.41) is 22.4. The van der Waals surface area contributed by atoms with Crippen molar-refractivity contribution in [1.29, 1.82) is 0 Å². The molecule has 15 nitrogen and oxygen atoms in total. The fraction of sp³-hybridized carbons (Fsp3) is 0.413. The van der Waals surface area contributed by atoms with E-state index in [2.05, 4.69) is 25.5 Å². The molecule has 2 N–H and O–H groups in total. The van der Waals surface area contributed by atoms with Crippen LogP contribution in [-0.2, 0) is 21.9 Å². The second kappa shape index (κ2) is 18.1. The number of hydrogen-bond acceptors (Lipinski definition) is 10. The summed E-state index contributed by atoms with van der Waals surface area (Å²) < 4.78 is 117. The van der Waals surface area contributed by atoms with E-state index >= 15 is 0 Å². The fourth-order valence-electron chi connectivity index (χ4n) is 8.66. The van der Waals surface area contributed by atoms with Crippen molar-refractivity contribution in [3.8, 4) is 22.5 Å². The zero-order valence-electron chi connectivity index (χ0n) is 37.6. The molecule has 0 bridgehead atoms. The summed E-state index contributed by atoms with van der Waals surface area (Å²) in [4.78, 5) is 52.2. The second-order valence-corrected chi connectivity index (χ2v) is 18.3. The lowest BCUT2D eigenvalue weighted by atomic mass is 9.90. The first-order valence-electron chi connectivity index (χ1n) is 21.8. The Kier molecular flexibility index (Phi) is 12.8. The van der Waals surface area contributed by atoms with Gasteiger partial charge in [-0.25, -0.2) is 27.8 Å². The minimum atomic E-state index is -4.79. The second-order valence-electron chi connectivity index (χ2n) is 18.3. The van der Waals surface area contributed by atoms with Crippen LogP contribution in [0.3, 0.4) is 0 Å². The Bertz CT molecular complexity index is 2910. The van der Waals surface area contributed by atoms with Gasteiger partial charge in [0.15, 0.2) is 11.3 Å². The van der Waals surface area contributed by atoms with Crippen LogP contribution in [0.15, 0.2) is 73.1 Å². The number of hydrogen-bond donors (Lipinski definition) is 2. The average molecular weight is 971 g/mol. The number of nitrogens with one attached hydrogen (secondary N) is 1. The Morgan fingerprint density at radius 2 is 1.12 bits per heavy atom. The number of aromatic nitrogens is 6. The van der Waals surface area contributed by atoms with E-state index in [0.717, 1.165) is 51.6 Å². The molecule has 3 aliphatic heterocycles. The SMILES string of the molecule is CC1(C)CN(C(=O)C2(O)CCOCC2)CCN1C(=O)c1cn2nc(-c3ccc(F)cc3)cc(C(F)(F)F)c2n1.CC1(C)CNCCN1C(=O)c1cn2nc(-c3ccc(F)cc3)cc(C(F)(F)F)c2n1. The molecule has 9 rings (SSSR count). The van der Waals surface area contributed by atoms with Crippen LogP contribution in [-0.4, -0.2) is 136 Å². The monoisotopic (exact) mass is 970 g/mol. The number of piperazine rings is 2. The Balaban J connectivity index is 0.000000192. The third kappa shape index (κ3) is 9.97. The number of carbonyl (C=O) groups excluding carboxylic acids is 3. The molecule has 3 saturated heterocycles. The number of ether oxygens (including phenoxy) is 1. The molecule has 366 valence electrons. The summed E-state index contributed by atoms with van der Waals surface area (Å²) in [7, 11) is 0. The maximum absolute atomic E-state index is 14.0. The Morgan fingerprint density at radius 1 is 0.667 bits per heavy atom. The first-order chi connectivity index (χ1) is 32.3. The molecule has 69 heavy (non-hydrogen) atoms. The minimum absolute atomic E-state index is 0.00581. The van der Waals surface area contributed by atoms with Gasteiger partial charge in [-0.05, 0) is 88.4 Å². The number of halogens is 8. The highest BCUT2D eigenvalue weighted by Crippen LogP contribution is 2.37. The lowest BCUT2D eigenvalue weighted by Gasteiger charge is -2.48. The zero-order chi connectivity index (χ0) is 49.8. The standard InChI is InChI=1S/C26H27F4N5O4.C20H19F4N5O/c1-24(2)15-33(23(37)25(38)7-11-39-12-8-25)9-10-34(24)22(36)20-14-35-21(31-20)18(26(28,29)30)13-19(32-35)16-3-5-17(27)6-4-16;1-19(2)11-25-7-8-28(19)18(30)16-10-29-17(26-16)14(20(22,23)24)9-15(27-29)12-3-5-13(21)6-4-12/h3-6,13-14,38H,7-12,15H2,1-2H3;3-6,9-10,25H,7-8,11H2,1-2H3. The molecule has 3 amide bonds. The highest BCUT2D eigenvalue weighted by atomic mass is 19.4. The minimum Gasteiger partial charge on any atom is -0.381 e. The van der Waals surface area contributed by atoms with E-state index in [1.807, 2.05) is 13.8 Å². The van der Waals surface area contributed by atoms with Crippen LogP contribution in [0.5, 0.6) is 0 Å². The molecule has 3 aliphatic rings. The number of amides is 3. The van der Waals surface area contributed by atoms with E-state index in [-0.39, 0.29) is 74.0 Å². The molecule has 3 fully saturated rings. The lowest BCUT2D eigenvalue weighted by molar-refractivity contribution is -0.164. The van der Waals surface area contributed by atoms with Crippen molar-refractivity contribution >= 4 is 29.0 Å². The van der Waals surface area contributed by atoms with Gasteiger partial charge in [0, 0.05) is 76.5 Å². The van der Waals surface area contributed by atoms with Crippen LogP contribution in [0.25, 0.3) is 33.8 Å². The predicted molar refractivity (Wildman–Crippen MR) is 231 cm³/mol. The summed E-state index contributed by atoms with van der Waals surface area (Å²) >= 11 is 0. The summed E-state index contributed by atoms with van der Waals surface area (Å²) in [6.07, 6.45) is -6.79. The maximum atomic E-state index is 14.0. The molecule has 4 aromatic heterocycles. The van der Waals surface area contributed by atoms with Gasteiger partial charge in [0.1, 0.15) is 39.8 Å². The van der Waals surface area contributed by atoms with Crippen molar-refractivity contribution in [3.63, 3.8) is 0 Å². The number of aliphatic hydroxyl groups is 1. The molecule has 2 aromatic carbocycles. The number of nitrogens with zero attached hydrogens (tertiary/aromatic N) is 9. The first kappa shape index (κ1) is 48.9. The zero-order valence-corrected chi connectivity index (χ0v) is 37.6. The van der Waals surface area contributed by atoms with Crippen molar-refractivity contribution in [2.75, 3.05) is 52.5 Å². The van der Waals surface area contributed by atoms with Gasteiger partial charge in [-0.2, -0.15) is 36.5 Å². The molecular formula is C46H46F8N10O5. The van der Waals surface area contributed by atoms with Crippen molar-refractivity contribution in [3.05, 3.63) is 107 Å². The highest BCUT2D eigenvalue weighted by Gasteiger charge is 2.46. The first-order valence-corrected chi connectivity index (χ1v) is 21.8. The Morgan fingerprint density at radius 3 is 1.54 bits per heavy atom. The van der Waals surface area contributed by atoms with E-state index in [1.165, 1.54) is 40.3 Å². The van der Waals surface area contributed by atoms with Gasteiger partial charge >= 0.3 is 12.4 Å². The molecule has 0 radical (unpaired) electrons. The normalized spacial score (nSPS) is 18.2. The van der Waals surface area contributed by atoms with E-state index in [1.54, 1.807) is 18.7 Å². The van der Waals surface area contributed by atoms with Gasteiger partial charge in [0.05, 0.1) is 34.9 Å². The Hall–Kier alpha value is -6.59. The number of imidazole rings is 2. The predicted octanol–water partition coefficient (Wildman–Crippen LogP) is 6.54. The van der Waals surface area contributed by atoms with Gasteiger partial charge in [0.2, 0.25) is 0 Å². The number of benzene rings is 2. The van der Waals surface area contributed by atoms with Crippen LogP contribution in [0.1, 0.15) is 72.6 Å². The average Bonchev–Trinajstić information content (AvgIpc) is 3.93. The van der Waals surface area contributed by atoms with Crippen molar-refractivity contribution in [2.45, 2.75) is 69.6 Å². The van der Waals surface area contributed by atoms with Crippen LogP contribution >= 0.6 is 0 Å². The third-order valence-corrected chi connectivity index (χ3v) is 12.4. The van der Waals surface area contributed by atoms with Gasteiger partial charge in [-0.15, -0.1) is 0 Å². The van der Waals surface area contributed by atoms with E-state index < -0.39 is 80.8 Å². The third-order valence-electron chi connectivity index (χ3n) is 12.4. The lowest BCUT2D eigenvalue weighted by Crippen LogP contribution is -2.65. The quantitative estimate of drug-likeness (QED) is 0.182. The molecule has 0 spiro atoms. The van der Waals surface area contributed by atoms with Gasteiger partial charge in [0.25, 0.3) is 17.7 Å². The molecular weight excluding hydrogens is 925 g/mol. The summed E-state index contributed by atoms with van der Waals surface area (Å²) in [5.74, 6) is -2.55. The van der Waals surface area contributed by atoms with Crippen LogP contribution in [0.4, 0.5) is 35.1 Å². The van der Waals surface area contributed by atoms with Crippen molar-refractivity contribution in [1.82, 2.24) is 49.2 Å². The molecule has 0 saturated carbocycles. The summed E-state index contributed by atoms with van der Waals surface area (Å²) in [6.45, 7) is 9.69.